The first-order chi connectivity index (χ1) is 9.40. The number of urea groups is 1. The number of imide groups is 1. The summed E-state index contributed by atoms with van der Waals surface area (Å²) in [6.45, 7) is 6.12. The highest BCUT2D eigenvalue weighted by Gasteiger charge is 2.20. The third-order valence-electron chi connectivity index (χ3n) is 2.97. The zero-order chi connectivity index (χ0) is 15.1. The number of rotatable bonds is 5. The Hall–Kier alpha value is -1.88. The predicted molar refractivity (Wildman–Crippen MR) is 79.2 cm³/mol. The van der Waals surface area contributed by atoms with Crippen LogP contribution in [0.25, 0.3) is 0 Å². The Bertz CT molecular complexity index is 446. The molecule has 0 saturated heterocycles. The van der Waals surface area contributed by atoms with E-state index in [1.165, 1.54) is 0 Å². The van der Waals surface area contributed by atoms with Crippen LogP contribution in [-0.4, -0.2) is 36.0 Å². The topological polar surface area (TPSA) is 61.4 Å². The van der Waals surface area contributed by atoms with Gasteiger partial charge in [-0.15, -0.1) is 0 Å². The predicted octanol–water partition coefficient (Wildman–Crippen LogP) is 1.74. The molecule has 0 radical (unpaired) electrons. The van der Waals surface area contributed by atoms with Crippen LogP contribution >= 0.6 is 0 Å². The zero-order valence-corrected chi connectivity index (χ0v) is 12.5. The molecule has 0 fully saturated rings. The van der Waals surface area contributed by atoms with Crippen molar-refractivity contribution in [2.24, 2.45) is 0 Å². The number of benzene rings is 1. The number of amides is 3. The molecule has 0 aliphatic rings. The van der Waals surface area contributed by atoms with Crippen LogP contribution in [0.3, 0.4) is 0 Å². The van der Waals surface area contributed by atoms with Crippen molar-refractivity contribution in [1.29, 1.82) is 0 Å². The van der Waals surface area contributed by atoms with Crippen LogP contribution in [0.2, 0.25) is 0 Å². The molecule has 1 rings (SSSR count). The Balaban J connectivity index is 2.49. The zero-order valence-electron chi connectivity index (χ0n) is 12.5. The first-order valence-electron chi connectivity index (χ1n) is 6.75. The maximum Gasteiger partial charge on any atom is 0.321 e. The summed E-state index contributed by atoms with van der Waals surface area (Å²) in [6, 6.07) is 9.06. The lowest BCUT2D eigenvalue weighted by Crippen LogP contribution is -2.49. The summed E-state index contributed by atoms with van der Waals surface area (Å²) in [6.07, 6.45) is 0. The van der Waals surface area contributed by atoms with E-state index in [1.807, 2.05) is 56.1 Å². The normalized spacial score (nSPS) is 12.3. The largest absolute Gasteiger partial charge is 0.336 e. The molecule has 0 saturated carbocycles. The Kier molecular flexibility index (Phi) is 6.18. The van der Waals surface area contributed by atoms with Crippen molar-refractivity contribution in [2.45, 2.75) is 39.4 Å². The molecule has 3 amide bonds. The van der Waals surface area contributed by atoms with Crippen molar-refractivity contribution < 1.29 is 9.59 Å². The van der Waals surface area contributed by atoms with E-state index in [2.05, 4.69) is 10.6 Å². The van der Waals surface area contributed by atoms with Gasteiger partial charge < -0.3 is 5.32 Å². The second-order valence-electron chi connectivity index (χ2n) is 5.19. The van der Waals surface area contributed by atoms with E-state index in [0.717, 1.165) is 5.56 Å². The van der Waals surface area contributed by atoms with Crippen LogP contribution in [0, 0.1) is 0 Å². The molecule has 0 spiro atoms. The smallest absolute Gasteiger partial charge is 0.321 e. The fourth-order valence-corrected chi connectivity index (χ4v) is 1.72. The van der Waals surface area contributed by atoms with Crippen LogP contribution in [0.5, 0.6) is 0 Å². The van der Waals surface area contributed by atoms with Gasteiger partial charge in [-0.1, -0.05) is 30.3 Å². The molecule has 5 nitrogen and oxygen atoms in total. The highest BCUT2D eigenvalue weighted by molar-refractivity contribution is 5.96. The average Bonchev–Trinajstić information content (AvgIpc) is 2.37. The van der Waals surface area contributed by atoms with Crippen LogP contribution in [-0.2, 0) is 11.3 Å². The summed E-state index contributed by atoms with van der Waals surface area (Å²) in [5.41, 5.74) is 1.13. The number of hydrogen-bond acceptors (Lipinski definition) is 3. The van der Waals surface area contributed by atoms with Crippen LogP contribution in [0.15, 0.2) is 30.3 Å². The van der Waals surface area contributed by atoms with Crippen molar-refractivity contribution in [1.82, 2.24) is 15.5 Å². The van der Waals surface area contributed by atoms with Crippen LogP contribution in [0.4, 0.5) is 4.79 Å². The maximum atomic E-state index is 12.0. The van der Waals surface area contributed by atoms with E-state index < -0.39 is 6.03 Å². The second kappa shape index (κ2) is 7.65. The van der Waals surface area contributed by atoms with E-state index >= 15 is 0 Å². The molecular formula is C15H23N3O2. The van der Waals surface area contributed by atoms with Crippen LogP contribution < -0.4 is 10.6 Å². The second-order valence-corrected chi connectivity index (χ2v) is 5.19. The van der Waals surface area contributed by atoms with Gasteiger partial charge in [-0.25, -0.2) is 4.79 Å². The van der Waals surface area contributed by atoms with Gasteiger partial charge in [0.25, 0.3) is 0 Å². The van der Waals surface area contributed by atoms with E-state index in [-0.39, 0.29) is 18.0 Å². The molecule has 1 aromatic rings. The maximum absolute atomic E-state index is 12.0. The number of hydrogen-bond donors (Lipinski definition) is 2. The van der Waals surface area contributed by atoms with Gasteiger partial charge in [0, 0.05) is 12.6 Å². The van der Waals surface area contributed by atoms with Crippen molar-refractivity contribution in [3.63, 3.8) is 0 Å². The molecule has 0 heterocycles. The summed E-state index contributed by atoms with van der Waals surface area (Å²) in [4.78, 5) is 25.3. The monoisotopic (exact) mass is 277 g/mol. The molecule has 5 heteroatoms. The fourth-order valence-electron chi connectivity index (χ4n) is 1.72. The highest BCUT2D eigenvalue weighted by atomic mass is 16.2. The minimum Gasteiger partial charge on any atom is -0.336 e. The summed E-state index contributed by atoms with van der Waals surface area (Å²) in [5.74, 6) is -0.304. The third kappa shape index (κ3) is 5.40. The Morgan fingerprint density at radius 3 is 2.30 bits per heavy atom. The Morgan fingerprint density at radius 1 is 1.15 bits per heavy atom. The van der Waals surface area contributed by atoms with Gasteiger partial charge in [0.1, 0.15) is 0 Å². The summed E-state index contributed by atoms with van der Waals surface area (Å²) in [7, 11) is 1.86. The number of carbonyl (C=O) groups excluding carboxylic acids is 2. The molecule has 20 heavy (non-hydrogen) atoms. The molecular weight excluding hydrogens is 254 g/mol. The van der Waals surface area contributed by atoms with Gasteiger partial charge >= 0.3 is 6.03 Å². The highest BCUT2D eigenvalue weighted by Crippen LogP contribution is 2.05. The minimum atomic E-state index is -0.454. The fraction of sp³-hybridized carbons (Fsp3) is 0.467. The number of likely N-dealkylation sites (N-methyl/N-ethyl adjacent to an activating group) is 1. The summed E-state index contributed by atoms with van der Waals surface area (Å²) >= 11 is 0. The van der Waals surface area contributed by atoms with Crippen molar-refractivity contribution >= 4 is 11.9 Å². The molecule has 110 valence electrons. The minimum absolute atomic E-state index is 0.000143. The lowest BCUT2D eigenvalue weighted by molar-refractivity contribution is -0.124. The van der Waals surface area contributed by atoms with Crippen molar-refractivity contribution in [3.8, 4) is 0 Å². The lowest BCUT2D eigenvalue weighted by atomic mass is 10.2. The summed E-state index contributed by atoms with van der Waals surface area (Å²) < 4.78 is 0. The van der Waals surface area contributed by atoms with Gasteiger partial charge in [0.2, 0.25) is 5.91 Å². The standard InChI is InChI=1S/C15H23N3O2/c1-11(2)16-15(20)17-14(19)12(3)18(4)10-13-8-6-5-7-9-13/h5-9,11-12H,10H2,1-4H3,(H2,16,17,19,20)/t12-/m1/s1. The van der Waals surface area contributed by atoms with Gasteiger partial charge in [0.05, 0.1) is 6.04 Å². The molecule has 0 bridgehead atoms. The summed E-state index contributed by atoms with van der Waals surface area (Å²) in [5, 5.41) is 4.97. The van der Waals surface area contributed by atoms with E-state index in [4.69, 9.17) is 0 Å². The number of carbonyl (C=O) groups is 2. The molecule has 2 N–H and O–H groups in total. The van der Waals surface area contributed by atoms with E-state index in [0.29, 0.717) is 6.54 Å². The first kappa shape index (κ1) is 16.2. The quantitative estimate of drug-likeness (QED) is 0.862. The SMILES string of the molecule is CC(C)NC(=O)NC(=O)[C@@H](C)N(C)Cc1ccccc1. The van der Waals surface area contributed by atoms with Crippen molar-refractivity contribution in [2.75, 3.05) is 7.05 Å². The molecule has 0 aliphatic heterocycles. The Labute approximate surface area is 120 Å². The van der Waals surface area contributed by atoms with Gasteiger partial charge in [-0.05, 0) is 33.4 Å². The lowest BCUT2D eigenvalue weighted by Gasteiger charge is -2.23. The average molecular weight is 277 g/mol. The number of nitrogens with one attached hydrogen (secondary N) is 2. The van der Waals surface area contributed by atoms with Gasteiger partial charge in [-0.2, -0.15) is 0 Å². The molecule has 0 unspecified atom stereocenters. The molecule has 0 aromatic heterocycles. The van der Waals surface area contributed by atoms with Gasteiger partial charge in [-0.3, -0.25) is 15.0 Å². The van der Waals surface area contributed by atoms with E-state index in [9.17, 15) is 9.59 Å². The molecule has 1 atom stereocenters. The van der Waals surface area contributed by atoms with Crippen LogP contribution in [0.1, 0.15) is 26.3 Å². The third-order valence-corrected chi connectivity index (χ3v) is 2.97. The number of nitrogens with zero attached hydrogens (tertiary/aromatic N) is 1. The first-order valence-corrected chi connectivity index (χ1v) is 6.75. The molecule has 1 aromatic carbocycles. The van der Waals surface area contributed by atoms with E-state index in [1.54, 1.807) is 6.92 Å². The molecule has 0 aliphatic carbocycles. The van der Waals surface area contributed by atoms with Crippen molar-refractivity contribution in [3.05, 3.63) is 35.9 Å². The van der Waals surface area contributed by atoms with Gasteiger partial charge in [0.15, 0.2) is 0 Å². The Morgan fingerprint density at radius 2 is 1.75 bits per heavy atom.